The van der Waals surface area contributed by atoms with Crippen molar-refractivity contribution in [3.8, 4) is 6.07 Å². The monoisotopic (exact) mass is 339 g/mol. The van der Waals surface area contributed by atoms with Gasteiger partial charge in [0.1, 0.15) is 6.07 Å². The van der Waals surface area contributed by atoms with Crippen molar-refractivity contribution >= 4 is 33.7 Å². The van der Waals surface area contributed by atoms with E-state index in [1.54, 1.807) is 6.07 Å². The lowest BCUT2D eigenvalue weighted by Gasteiger charge is -2.10. The summed E-state index contributed by atoms with van der Waals surface area (Å²) in [6.45, 7) is 0. The highest BCUT2D eigenvalue weighted by Crippen LogP contribution is 2.40. The van der Waals surface area contributed by atoms with Gasteiger partial charge in [-0.05, 0) is 39.3 Å². The van der Waals surface area contributed by atoms with Crippen LogP contribution >= 0.6 is 27.7 Å². The Kier molecular flexibility index (Phi) is 4.65. The third kappa shape index (κ3) is 3.92. The van der Waals surface area contributed by atoms with Gasteiger partial charge in [0.15, 0.2) is 0 Å². The number of hydrogen-bond donors (Lipinski definition) is 1. The molecule has 96 valence electrons. The number of nitriles is 1. The summed E-state index contributed by atoms with van der Waals surface area (Å²) in [6, 6.07) is 3.99. The number of halogens is 4. The molecule has 0 amide bonds. The second kappa shape index (κ2) is 5.63. The van der Waals surface area contributed by atoms with Crippen molar-refractivity contribution in [1.29, 1.82) is 5.26 Å². The Labute approximate surface area is 113 Å². The maximum Gasteiger partial charge on any atom is 0.446 e. The lowest BCUT2D eigenvalue weighted by molar-refractivity contribution is -0.136. The minimum absolute atomic E-state index is 0.0849. The number of carbonyl (C=O) groups is 1. The summed E-state index contributed by atoms with van der Waals surface area (Å²) in [4.78, 5) is 10.3. The van der Waals surface area contributed by atoms with Crippen LogP contribution in [0, 0.1) is 11.3 Å². The molecule has 0 radical (unpaired) electrons. The third-order valence-corrected chi connectivity index (χ3v) is 3.56. The predicted molar refractivity (Wildman–Crippen MR) is 62.1 cm³/mol. The zero-order chi connectivity index (χ0) is 13.9. The molecule has 18 heavy (non-hydrogen) atoms. The van der Waals surface area contributed by atoms with Gasteiger partial charge < -0.3 is 5.11 Å². The molecular formula is C10H5BrF3NO2S. The Morgan fingerprint density at radius 1 is 1.50 bits per heavy atom. The number of carboxylic acids is 1. The molecular weight excluding hydrogens is 335 g/mol. The van der Waals surface area contributed by atoms with Crippen molar-refractivity contribution in [2.75, 3.05) is 0 Å². The molecule has 0 saturated carbocycles. The molecule has 8 heteroatoms. The van der Waals surface area contributed by atoms with Crippen LogP contribution in [0.15, 0.2) is 21.5 Å². The summed E-state index contributed by atoms with van der Waals surface area (Å²) in [5, 5.41) is 17.5. The average Bonchev–Trinajstić information content (AvgIpc) is 2.20. The molecule has 3 nitrogen and oxygen atoms in total. The van der Waals surface area contributed by atoms with Crippen molar-refractivity contribution in [2.45, 2.75) is 16.8 Å². The van der Waals surface area contributed by atoms with Gasteiger partial charge in [-0.3, -0.25) is 4.79 Å². The molecule has 0 unspecified atom stereocenters. The van der Waals surface area contributed by atoms with Gasteiger partial charge in [-0.25, -0.2) is 0 Å². The highest BCUT2D eigenvalue weighted by Gasteiger charge is 2.31. The van der Waals surface area contributed by atoms with Gasteiger partial charge in [-0.1, -0.05) is 6.07 Å². The van der Waals surface area contributed by atoms with Crippen LogP contribution in [0.25, 0.3) is 0 Å². The van der Waals surface area contributed by atoms with Crippen LogP contribution in [0.3, 0.4) is 0 Å². The average molecular weight is 340 g/mol. The van der Waals surface area contributed by atoms with Gasteiger partial charge in [-0.2, -0.15) is 18.4 Å². The van der Waals surface area contributed by atoms with Crippen LogP contribution in [-0.4, -0.2) is 16.6 Å². The molecule has 0 bridgehead atoms. The molecule has 0 saturated heterocycles. The minimum Gasteiger partial charge on any atom is -0.481 e. The Bertz CT molecular complexity index is 525. The smallest absolute Gasteiger partial charge is 0.446 e. The highest BCUT2D eigenvalue weighted by molar-refractivity contribution is 9.10. The fraction of sp³-hybridized carbons (Fsp3) is 0.200. The lowest BCUT2D eigenvalue weighted by Crippen LogP contribution is -2.04. The first-order valence-corrected chi connectivity index (χ1v) is 6.04. The van der Waals surface area contributed by atoms with E-state index in [2.05, 4.69) is 15.9 Å². The summed E-state index contributed by atoms with van der Waals surface area (Å²) in [5.74, 6) is -1.13. The number of aliphatic carboxylic acids is 1. The van der Waals surface area contributed by atoms with Gasteiger partial charge >= 0.3 is 11.5 Å². The molecule has 1 rings (SSSR count). The maximum atomic E-state index is 12.2. The minimum atomic E-state index is -4.50. The van der Waals surface area contributed by atoms with E-state index in [9.17, 15) is 18.0 Å². The summed E-state index contributed by atoms with van der Waals surface area (Å²) in [6.07, 6.45) is -0.369. The van der Waals surface area contributed by atoms with Crippen LogP contribution in [0.4, 0.5) is 13.2 Å². The zero-order valence-corrected chi connectivity index (χ0v) is 11.0. The number of carboxylic acid groups (broad SMARTS) is 1. The Hall–Kier alpha value is -1.20. The number of alkyl halides is 3. The molecule has 0 aliphatic rings. The standard InChI is InChI=1S/C10H5BrF3NO2S/c11-9-5(3-8(16)17)1-2-7(6(9)4-15)18-10(12,13)14/h1-2H,3H2,(H,16,17). The first-order valence-electron chi connectivity index (χ1n) is 4.43. The quantitative estimate of drug-likeness (QED) is 0.855. The Morgan fingerprint density at radius 3 is 2.56 bits per heavy atom. The molecule has 0 spiro atoms. The second-order valence-corrected chi connectivity index (χ2v) is 5.04. The molecule has 0 atom stereocenters. The summed E-state index contributed by atoms with van der Waals surface area (Å²) in [7, 11) is 0. The zero-order valence-electron chi connectivity index (χ0n) is 8.58. The van der Waals surface area contributed by atoms with Gasteiger partial charge in [0.05, 0.1) is 12.0 Å². The van der Waals surface area contributed by atoms with E-state index in [-0.39, 0.29) is 26.9 Å². The van der Waals surface area contributed by atoms with Crippen molar-refractivity contribution in [3.63, 3.8) is 0 Å². The summed E-state index contributed by atoms with van der Waals surface area (Å²) >= 11 is 2.56. The predicted octanol–water partition coefficient (Wildman–Crippen LogP) is 3.56. The molecule has 1 N–H and O–H groups in total. The lowest BCUT2D eigenvalue weighted by atomic mass is 10.1. The molecule has 0 aliphatic heterocycles. The van der Waals surface area contributed by atoms with Crippen LogP contribution in [0.2, 0.25) is 0 Å². The van der Waals surface area contributed by atoms with Crippen LogP contribution in [0.5, 0.6) is 0 Å². The van der Waals surface area contributed by atoms with E-state index >= 15 is 0 Å². The first-order chi connectivity index (χ1) is 8.24. The van der Waals surface area contributed by atoms with Gasteiger partial charge in [0.25, 0.3) is 0 Å². The number of rotatable bonds is 3. The molecule has 1 aromatic rings. The third-order valence-electron chi connectivity index (χ3n) is 1.86. The molecule has 0 aliphatic carbocycles. The second-order valence-electron chi connectivity index (χ2n) is 3.14. The molecule has 0 fully saturated rings. The molecule has 0 heterocycles. The molecule has 0 aromatic heterocycles. The van der Waals surface area contributed by atoms with E-state index in [1.165, 1.54) is 6.07 Å². The Morgan fingerprint density at radius 2 is 2.11 bits per heavy atom. The van der Waals surface area contributed by atoms with Gasteiger partial charge in [-0.15, -0.1) is 0 Å². The first kappa shape index (κ1) is 14.9. The summed E-state index contributed by atoms with van der Waals surface area (Å²) in [5.41, 5.74) is -4.46. The van der Waals surface area contributed by atoms with E-state index in [1.807, 2.05) is 0 Å². The fourth-order valence-corrected chi connectivity index (χ4v) is 2.56. The fourth-order valence-electron chi connectivity index (χ4n) is 1.21. The number of benzene rings is 1. The van der Waals surface area contributed by atoms with E-state index in [0.29, 0.717) is 0 Å². The summed E-state index contributed by atoms with van der Waals surface area (Å²) < 4.78 is 36.8. The van der Waals surface area contributed by atoms with Crippen molar-refractivity contribution < 1.29 is 23.1 Å². The maximum absolute atomic E-state index is 12.2. The van der Waals surface area contributed by atoms with Crippen LogP contribution < -0.4 is 0 Å². The van der Waals surface area contributed by atoms with E-state index in [0.717, 1.165) is 6.07 Å². The SMILES string of the molecule is N#Cc1c(SC(F)(F)F)ccc(CC(=O)O)c1Br. The van der Waals surface area contributed by atoms with Crippen LogP contribution in [-0.2, 0) is 11.2 Å². The number of hydrogen-bond acceptors (Lipinski definition) is 3. The number of nitrogens with zero attached hydrogens (tertiary/aromatic N) is 1. The van der Waals surface area contributed by atoms with Gasteiger partial charge in [0.2, 0.25) is 0 Å². The molecule has 1 aromatic carbocycles. The Balaban J connectivity index is 3.22. The van der Waals surface area contributed by atoms with Gasteiger partial charge in [0, 0.05) is 9.37 Å². The highest BCUT2D eigenvalue weighted by atomic mass is 79.9. The topological polar surface area (TPSA) is 61.1 Å². The normalized spacial score (nSPS) is 11.1. The van der Waals surface area contributed by atoms with Crippen molar-refractivity contribution in [2.24, 2.45) is 0 Å². The van der Waals surface area contributed by atoms with E-state index in [4.69, 9.17) is 10.4 Å². The van der Waals surface area contributed by atoms with Crippen molar-refractivity contribution in [1.82, 2.24) is 0 Å². The van der Waals surface area contributed by atoms with Crippen molar-refractivity contribution in [3.05, 3.63) is 27.7 Å². The van der Waals surface area contributed by atoms with E-state index < -0.39 is 23.2 Å². The van der Waals surface area contributed by atoms with Crippen LogP contribution in [0.1, 0.15) is 11.1 Å². The number of thioether (sulfide) groups is 1. The largest absolute Gasteiger partial charge is 0.481 e.